The van der Waals surface area contributed by atoms with Crippen LogP contribution in [0.2, 0.25) is 0 Å². The van der Waals surface area contributed by atoms with Crippen LogP contribution in [0.5, 0.6) is 0 Å². The van der Waals surface area contributed by atoms with Crippen molar-refractivity contribution in [2.24, 2.45) is 17.8 Å². The molecular formula is C15H26N2O4. The molecule has 4 unspecified atom stereocenters. The number of nitrogens with one attached hydrogen (secondary N) is 1. The van der Waals surface area contributed by atoms with Gasteiger partial charge in [0.05, 0.1) is 12.0 Å². The van der Waals surface area contributed by atoms with Crippen LogP contribution >= 0.6 is 0 Å². The van der Waals surface area contributed by atoms with Gasteiger partial charge in [-0.1, -0.05) is 12.8 Å². The summed E-state index contributed by atoms with van der Waals surface area (Å²) >= 11 is 0. The van der Waals surface area contributed by atoms with Gasteiger partial charge in [-0.3, -0.25) is 4.79 Å². The van der Waals surface area contributed by atoms with Crippen LogP contribution in [-0.2, 0) is 4.79 Å². The van der Waals surface area contributed by atoms with Crippen LogP contribution < -0.4 is 5.32 Å². The molecule has 2 aliphatic rings. The van der Waals surface area contributed by atoms with Gasteiger partial charge in [0.2, 0.25) is 0 Å². The monoisotopic (exact) mass is 298 g/mol. The molecule has 0 bridgehead atoms. The molecule has 3 N–H and O–H groups in total. The summed E-state index contributed by atoms with van der Waals surface area (Å²) < 4.78 is 0. The van der Waals surface area contributed by atoms with E-state index in [0.29, 0.717) is 26.1 Å². The molecule has 2 fully saturated rings. The average molecular weight is 298 g/mol. The Hall–Kier alpha value is -1.30. The number of urea groups is 1. The molecule has 1 aliphatic heterocycles. The minimum atomic E-state index is -0.746. The largest absolute Gasteiger partial charge is 0.481 e. The van der Waals surface area contributed by atoms with Crippen LogP contribution in [0.25, 0.3) is 0 Å². The smallest absolute Gasteiger partial charge is 0.317 e. The van der Waals surface area contributed by atoms with Crippen molar-refractivity contribution < 1.29 is 19.8 Å². The van der Waals surface area contributed by atoms with Crippen molar-refractivity contribution in [3.05, 3.63) is 0 Å². The molecule has 6 nitrogen and oxygen atoms in total. The van der Waals surface area contributed by atoms with E-state index in [0.717, 1.165) is 25.7 Å². The SMILES string of the molecule is CC(O)C1CCN(C(=O)NCC2CCCCC2C(=O)O)C1. The maximum atomic E-state index is 12.1. The Morgan fingerprint density at radius 1 is 1.29 bits per heavy atom. The van der Waals surface area contributed by atoms with Gasteiger partial charge in [0.15, 0.2) is 0 Å². The molecule has 1 heterocycles. The number of carboxylic acids is 1. The molecule has 1 saturated carbocycles. The van der Waals surface area contributed by atoms with Crippen LogP contribution in [0, 0.1) is 17.8 Å². The van der Waals surface area contributed by atoms with Crippen molar-refractivity contribution in [3.8, 4) is 0 Å². The van der Waals surface area contributed by atoms with Crippen LogP contribution in [0.15, 0.2) is 0 Å². The summed E-state index contributed by atoms with van der Waals surface area (Å²) in [6, 6.07) is -0.132. The highest BCUT2D eigenvalue weighted by Crippen LogP contribution is 2.30. The summed E-state index contributed by atoms with van der Waals surface area (Å²) in [5.41, 5.74) is 0. The number of aliphatic hydroxyl groups excluding tert-OH is 1. The van der Waals surface area contributed by atoms with Crippen molar-refractivity contribution in [3.63, 3.8) is 0 Å². The molecule has 4 atom stereocenters. The van der Waals surface area contributed by atoms with Gasteiger partial charge >= 0.3 is 12.0 Å². The van der Waals surface area contributed by atoms with Crippen molar-refractivity contribution in [1.29, 1.82) is 0 Å². The summed E-state index contributed by atoms with van der Waals surface area (Å²) in [5.74, 6) is -0.889. The summed E-state index contributed by atoms with van der Waals surface area (Å²) in [5, 5.41) is 21.7. The number of carboxylic acid groups (broad SMARTS) is 1. The van der Waals surface area contributed by atoms with Gasteiger partial charge in [0.25, 0.3) is 0 Å². The molecule has 0 spiro atoms. The molecule has 2 rings (SSSR count). The number of amides is 2. The first-order valence-electron chi connectivity index (χ1n) is 7.92. The minimum Gasteiger partial charge on any atom is -0.481 e. The van der Waals surface area contributed by atoms with Crippen LogP contribution in [0.3, 0.4) is 0 Å². The third-order valence-electron chi connectivity index (χ3n) is 4.94. The van der Waals surface area contributed by atoms with E-state index in [1.54, 1.807) is 11.8 Å². The average Bonchev–Trinajstić information content (AvgIpc) is 2.95. The molecule has 21 heavy (non-hydrogen) atoms. The third kappa shape index (κ3) is 4.09. The molecule has 1 saturated heterocycles. The zero-order valence-electron chi connectivity index (χ0n) is 12.6. The molecular weight excluding hydrogens is 272 g/mol. The molecule has 120 valence electrons. The fraction of sp³-hybridized carbons (Fsp3) is 0.867. The number of carbonyl (C=O) groups is 2. The lowest BCUT2D eigenvalue weighted by molar-refractivity contribution is -0.144. The van der Waals surface area contributed by atoms with Gasteiger partial charge in [-0.05, 0) is 32.1 Å². The van der Waals surface area contributed by atoms with Gasteiger partial charge in [-0.15, -0.1) is 0 Å². The summed E-state index contributed by atoms with van der Waals surface area (Å²) in [7, 11) is 0. The quantitative estimate of drug-likeness (QED) is 0.729. The fourth-order valence-electron chi connectivity index (χ4n) is 3.47. The molecule has 0 aromatic carbocycles. The number of hydrogen-bond donors (Lipinski definition) is 3. The third-order valence-corrected chi connectivity index (χ3v) is 4.94. The highest BCUT2D eigenvalue weighted by atomic mass is 16.4. The van der Waals surface area contributed by atoms with Crippen molar-refractivity contribution in [1.82, 2.24) is 10.2 Å². The maximum Gasteiger partial charge on any atom is 0.317 e. The number of nitrogens with zero attached hydrogens (tertiary/aromatic N) is 1. The van der Waals surface area contributed by atoms with E-state index in [1.807, 2.05) is 0 Å². The summed E-state index contributed by atoms with van der Waals surface area (Å²) in [6.07, 6.45) is 4.02. The number of likely N-dealkylation sites (tertiary alicyclic amines) is 1. The molecule has 0 aromatic heterocycles. The molecule has 1 aliphatic carbocycles. The van der Waals surface area contributed by atoms with E-state index in [1.165, 1.54) is 0 Å². The molecule has 0 radical (unpaired) electrons. The number of hydrogen-bond acceptors (Lipinski definition) is 3. The van der Waals surface area contributed by atoms with Gasteiger partial charge in [0.1, 0.15) is 0 Å². The normalized spacial score (nSPS) is 31.0. The number of carbonyl (C=O) groups excluding carboxylic acids is 1. The summed E-state index contributed by atoms with van der Waals surface area (Å²) in [4.78, 5) is 25.1. The Bertz CT molecular complexity index is 386. The van der Waals surface area contributed by atoms with Crippen molar-refractivity contribution >= 4 is 12.0 Å². The first-order valence-corrected chi connectivity index (χ1v) is 7.92. The molecule has 2 amide bonds. The highest BCUT2D eigenvalue weighted by Gasteiger charge is 2.32. The van der Waals surface area contributed by atoms with Crippen molar-refractivity contribution in [2.45, 2.75) is 45.1 Å². The Labute approximate surface area is 125 Å². The lowest BCUT2D eigenvalue weighted by Gasteiger charge is -2.29. The minimum absolute atomic E-state index is 0.0374. The molecule has 0 aromatic rings. The Kier molecular flexibility index (Phi) is 5.45. The van der Waals surface area contributed by atoms with E-state index < -0.39 is 12.1 Å². The van der Waals surface area contributed by atoms with E-state index in [4.69, 9.17) is 0 Å². The second kappa shape index (κ2) is 7.11. The van der Waals surface area contributed by atoms with E-state index in [9.17, 15) is 19.8 Å². The number of aliphatic carboxylic acids is 1. The van der Waals surface area contributed by atoms with Gasteiger partial charge in [0, 0.05) is 25.6 Å². The van der Waals surface area contributed by atoms with Gasteiger partial charge in [-0.25, -0.2) is 4.79 Å². The van der Waals surface area contributed by atoms with Crippen LogP contribution in [-0.4, -0.2) is 52.9 Å². The second-order valence-electron chi connectivity index (χ2n) is 6.41. The Morgan fingerprint density at radius 2 is 2.00 bits per heavy atom. The summed E-state index contributed by atoms with van der Waals surface area (Å²) in [6.45, 7) is 3.43. The second-order valence-corrected chi connectivity index (χ2v) is 6.41. The molecule has 6 heteroatoms. The van der Waals surface area contributed by atoms with E-state index in [2.05, 4.69) is 5.32 Å². The first kappa shape index (κ1) is 16.1. The first-order chi connectivity index (χ1) is 9.99. The van der Waals surface area contributed by atoms with Gasteiger partial charge in [-0.2, -0.15) is 0 Å². The lowest BCUT2D eigenvalue weighted by Crippen LogP contribution is -2.43. The fourth-order valence-corrected chi connectivity index (χ4v) is 3.47. The van der Waals surface area contributed by atoms with Gasteiger partial charge < -0.3 is 20.4 Å². The van der Waals surface area contributed by atoms with Crippen LogP contribution in [0.1, 0.15) is 39.0 Å². The Balaban J connectivity index is 1.79. The number of aliphatic hydroxyl groups is 1. The van der Waals surface area contributed by atoms with E-state index in [-0.39, 0.29) is 23.8 Å². The highest BCUT2D eigenvalue weighted by molar-refractivity contribution is 5.75. The van der Waals surface area contributed by atoms with Crippen LogP contribution in [0.4, 0.5) is 4.79 Å². The zero-order chi connectivity index (χ0) is 15.4. The standard InChI is InChI=1S/C15H26N2O4/c1-10(18)12-6-7-17(9-12)15(21)16-8-11-4-2-3-5-13(11)14(19)20/h10-13,18H,2-9H2,1H3,(H,16,21)(H,19,20). The predicted molar refractivity (Wildman–Crippen MR) is 77.8 cm³/mol. The zero-order valence-corrected chi connectivity index (χ0v) is 12.6. The Morgan fingerprint density at radius 3 is 2.62 bits per heavy atom. The maximum absolute atomic E-state index is 12.1. The predicted octanol–water partition coefficient (Wildman–Crippen LogP) is 1.29. The van der Waals surface area contributed by atoms with Crippen molar-refractivity contribution in [2.75, 3.05) is 19.6 Å². The van der Waals surface area contributed by atoms with E-state index >= 15 is 0 Å². The topological polar surface area (TPSA) is 89.9 Å². The lowest BCUT2D eigenvalue weighted by atomic mass is 9.79. The number of rotatable bonds is 4.